The number of imide groups is 1. The Morgan fingerprint density at radius 2 is 1.29 bits per heavy atom. The maximum atomic E-state index is 14.5. The molecule has 0 aromatic heterocycles. The minimum atomic E-state index is -5.25. The van der Waals surface area contributed by atoms with Crippen LogP contribution in [0.4, 0.5) is 32.0 Å². The SMILES string of the molecule is CC(C)(C)[Si](OCC1=C([C@H](O)CC/C(=C/c2ccccc2O)c2ccccc2)[C@H](CO)[C@@H]2C(=O)N(c3cc(C(F)(F)F)cc(C(F)(F)F)c3)C(=O)[C@@H]2C1)(c1ccccc1)c1ccccc1. The van der Waals surface area contributed by atoms with E-state index in [1.165, 1.54) is 0 Å². The number of carbonyl (C=O) groups excluding carboxylic acids is 2. The highest BCUT2D eigenvalue weighted by Gasteiger charge is 2.57. The minimum Gasteiger partial charge on any atom is -0.507 e. The van der Waals surface area contributed by atoms with Crippen LogP contribution < -0.4 is 15.3 Å². The van der Waals surface area contributed by atoms with Crippen molar-refractivity contribution >= 4 is 47.8 Å². The van der Waals surface area contributed by atoms with Gasteiger partial charge in [-0.15, -0.1) is 0 Å². The number of aromatic hydroxyl groups is 1. The third-order valence-electron chi connectivity index (χ3n) is 12.5. The summed E-state index contributed by atoms with van der Waals surface area (Å²) >= 11 is 0. The molecule has 7 rings (SSSR count). The molecule has 2 amide bonds. The van der Waals surface area contributed by atoms with Gasteiger partial charge in [0, 0.05) is 11.5 Å². The van der Waals surface area contributed by atoms with Crippen LogP contribution >= 0.6 is 0 Å². The summed E-state index contributed by atoms with van der Waals surface area (Å²) in [7, 11) is -3.32. The van der Waals surface area contributed by atoms with Crippen molar-refractivity contribution in [2.75, 3.05) is 18.1 Å². The molecule has 0 bridgehead atoms. The zero-order valence-electron chi connectivity index (χ0n) is 35.9. The van der Waals surface area contributed by atoms with Gasteiger partial charge in [-0.3, -0.25) is 9.59 Å². The number of hydrogen-bond donors (Lipinski definition) is 3. The molecule has 65 heavy (non-hydrogen) atoms. The molecule has 14 heteroatoms. The zero-order valence-corrected chi connectivity index (χ0v) is 36.9. The first kappa shape index (κ1) is 47.2. The number of phenols is 1. The normalized spacial score (nSPS) is 19.2. The molecule has 5 aromatic carbocycles. The summed E-state index contributed by atoms with van der Waals surface area (Å²) < 4.78 is 91.6. The summed E-state index contributed by atoms with van der Waals surface area (Å²) in [5, 5.41) is 35.6. The van der Waals surface area contributed by atoms with Crippen LogP contribution in [0.5, 0.6) is 5.75 Å². The Morgan fingerprint density at radius 3 is 1.80 bits per heavy atom. The molecule has 0 spiro atoms. The molecule has 340 valence electrons. The second kappa shape index (κ2) is 18.6. The molecule has 5 aromatic rings. The maximum absolute atomic E-state index is 14.5. The molecule has 7 nitrogen and oxygen atoms in total. The van der Waals surface area contributed by atoms with Gasteiger partial charge in [-0.2, -0.15) is 26.3 Å². The second-order valence-corrected chi connectivity index (χ2v) is 21.9. The maximum Gasteiger partial charge on any atom is 0.416 e. The van der Waals surface area contributed by atoms with E-state index in [-0.39, 0.29) is 43.3 Å². The van der Waals surface area contributed by atoms with Crippen LogP contribution in [0, 0.1) is 17.8 Å². The van der Waals surface area contributed by atoms with Gasteiger partial charge in [0.1, 0.15) is 5.75 Å². The molecule has 1 aliphatic carbocycles. The van der Waals surface area contributed by atoms with Gasteiger partial charge in [-0.25, -0.2) is 4.90 Å². The number of phenolic OH excluding ortho intramolecular Hbond substituents is 1. The topological polar surface area (TPSA) is 107 Å². The number of carbonyl (C=O) groups is 2. The van der Waals surface area contributed by atoms with Crippen molar-refractivity contribution in [3.05, 3.63) is 167 Å². The average molecular weight is 914 g/mol. The summed E-state index contributed by atoms with van der Waals surface area (Å²) in [6.07, 6.45) is -10.1. The Labute approximate surface area is 374 Å². The highest BCUT2D eigenvalue weighted by Crippen LogP contribution is 2.49. The zero-order chi connectivity index (χ0) is 46.9. The predicted octanol–water partition coefficient (Wildman–Crippen LogP) is 9.80. The summed E-state index contributed by atoms with van der Waals surface area (Å²) in [6.45, 7) is 5.18. The number of aliphatic hydroxyl groups is 2. The number of allylic oxidation sites excluding steroid dienone is 1. The first-order chi connectivity index (χ1) is 30.8. The molecule has 1 heterocycles. The number of para-hydroxylation sites is 1. The van der Waals surface area contributed by atoms with E-state index in [4.69, 9.17) is 4.43 Å². The van der Waals surface area contributed by atoms with E-state index in [9.17, 15) is 51.3 Å². The first-order valence-electron chi connectivity index (χ1n) is 21.2. The largest absolute Gasteiger partial charge is 0.507 e. The molecule has 2 aliphatic rings. The molecule has 3 N–H and O–H groups in total. The summed E-state index contributed by atoms with van der Waals surface area (Å²) in [4.78, 5) is 29.3. The van der Waals surface area contributed by atoms with E-state index < -0.39 is 84.8 Å². The van der Waals surface area contributed by atoms with Crippen LogP contribution in [0.3, 0.4) is 0 Å². The molecular weight excluding hydrogens is 865 g/mol. The number of nitrogens with zero attached hydrogens (tertiary/aromatic N) is 1. The number of anilines is 1. The van der Waals surface area contributed by atoms with Gasteiger partial charge in [-0.1, -0.05) is 130 Å². The summed E-state index contributed by atoms with van der Waals surface area (Å²) in [5.41, 5.74) is -1.65. The lowest BCUT2D eigenvalue weighted by Crippen LogP contribution is -2.66. The Hall–Kier alpha value is -5.80. The number of hydrogen-bond acceptors (Lipinski definition) is 6. The van der Waals surface area contributed by atoms with Crippen molar-refractivity contribution in [2.24, 2.45) is 17.8 Å². The van der Waals surface area contributed by atoms with E-state index >= 15 is 0 Å². The summed E-state index contributed by atoms with van der Waals surface area (Å²) in [6, 6.07) is 35.9. The van der Waals surface area contributed by atoms with Gasteiger partial charge in [0.05, 0.1) is 48.0 Å². The van der Waals surface area contributed by atoms with Crippen molar-refractivity contribution in [1.82, 2.24) is 0 Å². The van der Waals surface area contributed by atoms with E-state index in [0.29, 0.717) is 28.2 Å². The molecule has 0 radical (unpaired) electrons. The fourth-order valence-electron chi connectivity index (χ4n) is 9.57. The third-order valence-corrected chi connectivity index (χ3v) is 17.5. The lowest BCUT2D eigenvalue weighted by atomic mass is 9.68. The van der Waals surface area contributed by atoms with Crippen LogP contribution in [0.2, 0.25) is 5.04 Å². The number of rotatable bonds is 13. The Balaban J connectivity index is 1.35. The number of aliphatic hydroxyl groups excluding tert-OH is 2. The van der Waals surface area contributed by atoms with Crippen molar-refractivity contribution in [2.45, 2.75) is 63.5 Å². The number of fused-ring (bicyclic) bond motifs is 1. The van der Waals surface area contributed by atoms with Crippen molar-refractivity contribution in [3.63, 3.8) is 0 Å². The van der Waals surface area contributed by atoms with Gasteiger partial charge in [-0.05, 0) is 87.3 Å². The number of alkyl halides is 6. The lowest BCUT2D eigenvalue weighted by Gasteiger charge is -2.44. The van der Waals surface area contributed by atoms with Crippen molar-refractivity contribution < 1.29 is 55.7 Å². The van der Waals surface area contributed by atoms with Crippen molar-refractivity contribution in [1.29, 1.82) is 0 Å². The van der Waals surface area contributed by atoms with E-state index in [1.54, 1.807) is 30.3 Å². The fraction of sp³-hybridized carbons (Fsp3) is 0.294. The van der Waals surface area contributed by atoms with Gasteiger partial charge in [0.15, 0.2) is 0 Å². The van der Waals surface area contributed by atoms with Gasteiger partial charge in [0.25, 0.3) is 8.32 Å². The molecule has 1 fully saturated rings. The molecular formula is C51H49F6NO6Si. The third kappa shape index (κ3) is 9.49. The Bertz CT molecular complexity index is 2500. The number of amides is 2. The van der Waals surface area contributed by atoms with Crippen LogP contribution in [-0.2, 0) is 26.4 Å². The van der Waals surface area contributed by atoms with Crippen LogP contribution in [0.1, 0.15) is 62.3 Å². The molecule has 1 aliphatic heterocycles. The van der Waals surface area contributed by atoms with Crippen LogP contribution in [-0.4, -0.2) is 54.8 Å². The first-order valence-corrected chi connectivity index (χ1v) is 23.1. The van der Waals surface area contributed by atoms with Crippen LogP contribution in [0.15, 0.2) is 145 Å². The number of halogens is 6. The van der Waals surface area contributed by atoms with Gasteiger partial charge < -0.3 is 19.7 Å². The molecule has 1 saturated heterocycles. The smallest absolute Gasteiger partial charge is 0.416 e. The predicted molar refractivity (Wildman–Crippen MR) is 239 cm³/mol. The molecule has 4 atom stereocenters. The monoisotopic (exact) mass is 913 g/mol. The fourth-order valence-corrected chi connectivity index (χ4v) is 14.1. The molecule has 0 saturated carbocycles. The van der Waals surface area contributed by atoms with Gasteiger partial charge in [0.2, 0.25) is 11.8 Å². The van der Waals surface area contributed by atoms with E-state index in [1.807, 2.05) is 91.0 Å². The standard InChI is InChI=1S/C51H49F6NO6Si/c1-49(2,3)65(39-18-9-5-10-19-39,40-20-11-6-12-21-40)64-31-35-26-41-46(48(63)58(47(41)62)38-28-36(50(52,53)54)27-37(29-38)51(55,56)57)42(30-59)45(35)44(61)24-23-33(32-15-7-4-8-16-32)25-34-17-13-14-22-43(34)60/h4-22,25,27-29,41-42,44,46,59-61H,23-24,26,30-31H2,1-3H3/b33-25-/t41-,42+,44-,46-/m1/s1. The average Bonchev–Trinajstić information content (AvgIpc) is 3.53. The highest BCUT2D eigenvalue weighted by molar-refractivity contribution is 6.99. The van der Waals surface area contributed by atoms with E-state index in [2.05, 4.69) is 20.8 Å². The molecule has 0 unspecified atom stereocenters. The summed E-state index contributed by atoms with van der Waals surface area (Å²) in [5.74, 6) is -6.13. The van der Waals surface area contributed by atoms with Gasteiger partial charge >= 0.3 is 12.4 Å². The lowest BCUT2D eigenvalue weighted by molar-refractivity contribution is -0.143. The Morgan fingerprint density at radius 1 is 0.769 bits per heavy atom. The van der Waals surface area contributed by atoms with Crippen LogP contribution in [0.25, 0.3) is 11.6 Å². The second-order valence-electron chi connectivity index (χ2n) is 17.6. The Kier molecular flexibility index (Phi) is 13.5. The minimum absolute atomic E-state index is 0.00861. The quantitative estimate of drug-likeness (QED) is 0.0357. The van der Waals surface area contributed by atoms with E-state index in [0.717, 1.165) is 21.5 Å². The highest BCUT2D eigenvalue weighted by atomic mass is 28.4. The number of benzene rings is 5. The van der Waals surface area contributed by atoms with Crippen molar-refractivity contribution in [3.8, 4) is 5.75 Å².